The Bertz CT molecular complexity index is 366. The van der Waals surface area contributed by atoms with Crippen molar-refractivity contribution in [3.63, 3.8) is 0 Å². The highest BCUT2D eigenvalue weighted by atomic mass is 19.1. The van der Waals surface area contributed by atoms with Crippen LogP contribution in [0.3, 0.4) is 0 Å². The van der Waals surface area contributed by atoms with E-state index in [0.29, 0.717) is 0 Å². The van der Waals surface area contributed by atoms with Crippen LogP contribution in [0.2, 0.25) is 0 Å². The molecule has 0 atom stereocenters. The zero-order valence-electron chi connectivity index (χ0n) is 8.37. The number of aliphatic carboxylic acids is 1. The molecule has 0 aromatic heterocycles. The van der Waals surface area contributed by atoms with E-state index in [1.165, 1.54) is 12.1 Å². The van der Waals surface area contributed by atoms with Crippen molar-refractivity contribution in [1.29, 1.82) is 0 Å². The molecular formula is C12H13FO2. The highest BCUT2D eigenvalue weighted by Gasteiger charge is 2.40. The topological polar surface area (TPSA) is 37.3 Å². The van der Waals surface area contributed by atoms with Gasteiger partial charge in [-0.2, -0.15) is 0 Å². The van der Waals surface area contributed by atoms with Crippen molar-refractivity contribution >= 4 is 5.97 Å². The minimum Gasteiger partial charge on any atom is -0.481 e. The van der Waals surface area contributed by atoms with Gasteiger partial charge >= 0.3 is 5.97 Å². The van der Waals surface area contributed by atoms with E-state index in [2.05, 4.69) is 0 Å². The van der Waals surface area contributed by atoms with Crippen molar-refractivity contribution in [3.8, 4) is 0 Å². The van der Waals surface area contributed by atoms with E-state index in [1.54, 1.807) is 12.1 Å². The zero-order valence-corrected chi connectivity index (χ0v) is 8.37. The lowest BCUT2D eigenvalue weighted by Crippen LogP contribution is -2.36. The van der Waals surface area contributed by atoms with Gasteiger partial charge in [0.1, 0.15) is 5.82 Å². The third-order valence-electron chi connectivity index (χ3n) is 3.26. The van der Waals surface area contributed by atoms with Crippen molar-refractivity contribution in [3.05, 3.63) is 35.6 Å². The molecule has 0 heterocycles. The average Bonchev–Trinajstić information content (AvgIpc) is 2.13. The first-order chi connectivity index (χ1) is 7.12. The molecule has 1 N–H and O–H groups in total. The standard InChI is InChI=1S/C12H13FO2/c13-10-4-2-9(3-5-10)12(6-1-7-12)8-11(14)15/h2-5H,1,6-8H2,(H,14,15). The van der Waals surface area contributed by atoms with Crippen molar-refractivity contribution in [2.45, 2.75) is 31.1 Å². The molecule has 0 saturated heterocycles. The second-order valence-corrected chi connectivity index (χ2v) is 4.21. The summed E-state index contributed by atoms with van der Waals surface area (Å²) in [7, 11) is 0. The summed E-state index contributed by atoms with van der Waals surface area (Å²) in [5, 5.41) is 8.86. The summed E-state index contributed by atoms with van der Waals surface area (Å²) in [5.41, 5.74) is 0.719. The minimum atomic E-state index is -0.779. The van der Waals surface area contributed by atoms with Gasteiger partial charge in [-0.05, 0) is 30.5 Å². The van der Waals surface area contributed by atoms with Crippen LogP contribution < -0.4 is 0 Å². The summed E-state index contributed by atoms with van der Waals surface area (Å²) >= 11 is 0. The maximum Gasteiger partial charge on any atom is 0.304 e. The first kappa shape index (κ1) is 10.1. The van der Waals surface area contributed by atoms with Crippen LogP contribution in [-0.2, 0) is 10.2 Å². The lowest BCUT2D eigenvalue weighted by molar-refractivity contribution is -0.139. The van der Waals surface area contributed by atoms with Gasteiger partial charge in [-0.15, -0.1) is 0 Å². The van der Waals surface area contributed by atoms with Gasteiger partial charge in [0.15, 0.2) is 0 Å². The van der Waals surface area contributed by atoms with Crippen LogP contribution in [0.25, 0.3) is 0 Å². The Balaban J connectivity index is 2.26. The van der Waals surface area contributed by atoms with E-state index in [-0.39, 0.29) is 17.7 Å². The van der Waals surface area contributed by atoms with E-state index in [0.717, 1.165) is 24.8 Å². The summed E-state index contributed by atoms with van der Waals surface area (Å²) in [6.07, 6.45) is 3.00. The predicted octanol–water partition coefficient (Wildman–Crippen LogP) is 2.72. The Morgan fingerprint density at radius 3 is 2.33 bits per heavy atom. The van der Waals surface area contributed by atoms with Crippen LogP contribution in [-0.4, -0.2) is 11.1 Å². The molecule has 2 nitrogen and oxygen atoms in total. The van der Waals surface area contributed by atoms with Gasteiger partial charge in [0.25, 0.3) is 0 Å². The second kappa shape index (κ2) is 3.65. The van der Waals surface area contributed by atoms with Crippen molar-refractivity contribution in [2.24, 2.45) is 0 Å². The Labute approximate surface area is 87.7 Å². The minimum absolute atomic E-state index is 0.151. The highest BCUT2D eigenvalue weighted by molar-refractivity contribution is 5.69. The molecule has 15 heavy (non-hydrogen) atoms. The molecule has 0 amide bonds. The van der Waals surface area contributed by atoms with E-state index in [9.17, 15) is 9.18 Å². The summed E-state index contributed by atoms with van der Waals surface area (Å²) in [4.78, 5) is 10.8. The average molecular weight is 208 g/mol. The van der Waals surface area contributed by atoms with Crippen LogP contribution in [0.4, 0.5) is 4.39 Å². The Hall–Kier alpha value is -1.38. The Morgan fingerprint density at radius 2 is 1.93 bits per heavy atom. The molecule has 80 valence electrons. The molecule has 3 heteroatoms. The van der Waals surface area contributed by atoms with Crippen molar-refractivity contribution in [2.75, 3.05) is 0 Å². The first-order valence-corrected chi connectivity index (χ1v) is 5.10. The third-order valence-corrected chi connectivity index (χ3v) is 3.26. The normalized spacial score (nSPS) is 18.2. The lowest BCUT2D eigenvalue weighted by atomic mass is 9.62. The van der Waals surface area contributed by atoms with Crippen molar-refractivity contribution in [1.82, 2.24) is 0 Å². The fraction of sp³-hybridized carbons (Fsp3) is 0.417. The van der Waals surface area contributed by atoms with Gasteiger partial charge in [-0.1, -0.05) is 18.6 Å². The summed E-state index contributed by atoms with van der Waals surface area (Å²) in [5.74, 6) is -1.05. The molecule has 0 unspecified atom stereocenters. The van der Waals surface area contributed by atoms with Crippen LogP contribution in [0.1, 0.15) is 31.2 Å². The molecule has 1 aliphatic rings. The first-order valence-electron chi connectivity index (χ1n) is 5.10. The molecule has 2 rings (SSSR count). The summed E-state index contributed by atoms with van der Waals surface area (Å²) in [6, 6.07) is 6.21. The van der Waals surface area contributed by atoms with Gasteiger partial charge in [-0.3, -0.25) is 4.79 Å². The Kier molecular flexibility index (Phi) is 2.47. The number of carboxylic acid groups (broad SMARTS) is 1. The third kappa shape index (κ3) is 1.87. The fourth-order valence-corrected chi connectivity index (χ4v) is 2.26. The van der Waals surface area contributed by atoms with Crippen LogP contribution in [0, 0.1) is 5.82 Å². The zero-order chi connectivity index (χ0) is 10.9. The van der Waals surface area contributed by atoms with Gasteiger partial charge in [0.05, 0.1) is 6.42 Å². The number of carbonyl (C=O) groups is 1. The van der Waals surface area contributed by atoms with Crippen LogP contribution in [0.15, 0.2) is 24.3 Å². The number of hydrogen-bond donors (Lipinski definition) is 1. The molecule has 0 aliphatic heterocycles. The van der Waals surface area contributed by atoms with E-state index in [1.807, 2.05) is 0 Å². The molecule has 1 aliphatic carbocycles. The van der Waals surface area contributed by atoms with Gasteiger partial charge < -0.3 is 5.11 Å². The van der Waals surface area contributed by atoms with Gasteiger partial charge in [0, 0.05) is 5.41 Å². The summed E-state index contributed by atoms with van der Waals surface area (Å²) in [6.45, 7) is 0. The van der Waals surface area contributed by atoms with E-state index >= 15 is 0 Å². The number of carboxylic acids is 1. The quantitative estimate of drug-likeness (QED) is 0.829. The van der Waals surface area contributed by atoms with Crippen LogP contribution >= 0.6 is 0 Å². The molecule has 1 aromatic rings. The number of rotatable bonds is 3. The SMILES string of the molecule is O=C(O)CC1(c2ccc(F)cc2)CCC1. The van der Waals surface area contributed by atoms with Crippen LogP contribution in [0.5, 0.6) is 0 Å². The predicted molar refractivity (Wildman–Crippen MR) is 54.2 cm³/mol. The van der Waals surface area contributed by atoms with Gasteiger partial charge in [-0.25, -0.2) is 4.39 Å². The molecule has 0 spiro atoms. The van der Waals surface area contributed by atoms with E-state index < -0.39 is 5.97 Å². The van der Waals surface area contributed by atoms with E-state index in [4.69, 9.17) is 5.11 Å². The number of benzene rings is 1. The molecule has 1 fully saturated rings. The number of hydrogen-bond acceptors (Lipinski definition) is 1. The maximum atomic E-state index is 12.7. The smallest absolute Gasteiger partial charge is 0.304 e. The molecule has 1 aromatic carbocycles. The maximum absolute atomic E-state index is 12.7. The lowest BCUT2D eigenvalue weighted by Gasteiger charge is -2.41. The second-order valence-electron chi connectivity index (χ2n) is 4.21. The van der Waals surface area contributed by atoms with Gasteiger partial charge in [0.2, 0.25) is 0 Å². The molecule has 1 saturated carbocycles. The Morgan fingerprint density at radius 1 is 1.33 bits per heavy atom. The molecule has 0 radical (unpaired) electrons. The van der Waals surface area contributed by atoms with Crippen molar-refractivity contribution < 1.29 is 14.3 Å². The monoisotopic (exact) mass is 208 g/mol. The number of halogens is 1. The highest BCUT2D eigenvalue weighted by Crippen LogP contribution is 2.46. The fourth-order valence-electron chi connectivity index (χ4n) is 2.26. The molecule has 0 bridgehead atoms. The largest absolute Gasteiger partial charge is 0.481 e. The molecular weight excluding hydrogens is 195 g/mol. The summed E-state index contributed by atoms with van der Waals surface area (Å²) < 4.78 is 12.7.